The van der Waals surface area contributed by atoms with Crippen molar-refractivity contribution in [1.29, 1.82) is 0 Å². The van der Waals surface area contributed by atoms with Crippen molar-refractivity contribution in [1.82, 2.24) is 14.9 Å². The molecule has 0 saturated carbocycles. The van der Waals surface area contributed by atoms with Gasteiger partial charge in [-0.25, -0.2) is 4.98 Å². The number of halogens is 1. The summed E-state index contributed by atoms with van der Waals surface area (Å²) in [7, 11) is 0. The van der Waals surface area contributed by atoms with Crippen molar-refractivity contribution < 1.29 is 9.53 Å². The van der Waals surface area contributed by atoms with Gasteiger partial charge in [0.15, 0.2) is 6.10 Å². The molecule has 28 heavy (non-hydrogen) atoms. The Labute approximate surface area is 168 Å². The smallest absolute Gasteiger partial charge is 0.263 e. The summed E-state index contributed by atoms with van der Waals surface area (Å²) in [4.78, 5) is 33.9. The number of amides is 1. The maximum atomic E-state index is 12.8. The van der Waals surface area contributed by atoms with E-state index in [-0.39, 0.29) is 18.0 Å². The molecule has 7 heteroatoms. The van der Waals surface area contributed by atoms with Gasteiger partial charge in [-0.05, 0) is 51.1 Å². The molecule has 0 bridgehead atoms. The lowest BCUT2D eigenvalue weighted by Crippen LogP contribution is -2.40. The van der Waals surface area contributed by atoms with Gasteiger partial charge in [0, 0.05) is 11.6 Å². The van der Waals surface area contributed by atoms with Crippen molar-refractivity contribution in [2.45, 2.75) is 33.4 Å². The zero-order chi connectivity index (χ0) is 20.3. The van der Waals surface area contributed by atoms with E-state index in [1.807, 2.05) is 38.1 Å². The predicted octanol–water partition coefficient (Wildman–Crippen LogP) is 3.70. The number of benzene rings is 2. The molecule has 0 aliphatic rings. The van der Waals surface area contributed by atoms with Crippen LogP contribution in [0.4, 0.5) is 0 Å². The van der Waals surface area contributed by atoms with Gasteiger partial charge in [0.25, 0.3) is 11.5 Å². The molecule has 0 aliphatic heterocycles. The Morgan fingerprint density at radius 2 is 1.96 bits per heavy atom. The van der Waals surface area contributed by atoms with Crippen molar-refractivity contribution in [3.8, 4) is 5.75 Å². The van der Waals surface area contributed by atoms with E-state index in [1.54, 1.807) is 30.0 Å². The Morgan fingerprint density at radius 3 is 2.64 bits per heavy atom. The van der Waals surface area contributed by atoms with Gasteiger partial charge in [-0.15, -0.1) is 0 Å². The minimum Gasteiger partial charge on any atom is -0.481 e. The van der Waals surface area contributed by atoms with Crippen LogP contribution >= 0.6 is 11.6 Å². The summed E-state index contributed by atoms with van der Waals surface area (Å²) in [6.45, 7) is 6.20. The van der Waals surface area contributed by atoms with E-state index < -0.39 is 6.10 Å². The highest BCUT2D eigenvalue weighted by molar-refractivity contribution is 6.31. The number of carbonyl (C=O) groups is 1. The highest BCUT2D eigenvalue weighted by Gasteiger charge is 2.22. The molecular weight excluding hydrogens is 378 g/mol. The Kier molecular flexibility index (Phi) is 5.99. The second-order valence-corrected chi connectivity index (χ2v) is 7.04. The van der Waals surface area contributed by atoms with Gasteiger partial charge in [-0.2, -0.15) is 0 Å². The van der Waals surface area contributed by atoms with Crippen molar-refractivity contribution in [2.24, 2.45) is 0 Å². The van der Waals surface area contributed by atoms with E-state index in [9.17, 15) is 9.59 Å². The first-order chi connectivity index (χ1) is 13.4. The monoisotopic (exact) mass is 399 g/mol. The van der Waals surface area contributed by atoms with E-state index >= 15 is 0 Å². The number of carbonyl (C=O) groups excluding carboxylic acids is 1. The number of likely N-dealkylation sites (N-methyl/N-ethyl adjacent to an activating group) is 1. The second kappa shape index (κ2) is 8.44. The normalized spacial score (nSPS) is 12.0. The first-order valence-electron chi connectivity index (χ1n) is 9.08. The molecule has 146 valence electrons. The van der Waals surface area contributed by atoms with Crippen LogP contribution in [0.5, 0.6) is 5.75 Å². The molecule has 1 aromatic heterocycles. The second-order valence-electron chi connectivity index (χ2n) is 6.60. The van der Waals surface area contributed by atoms with Gasteiger partial charge in [-0.3, -0.25) is 9.59 Å². The quantitative estimate of drug-likeness (QED) is 0.685. The maximum absolute atomic E-state index is 12.8. The lowest BCUT2D eigenvalue weighted by molar-refractivity contribution is -0.138. The molecule has 0 saturated heterocycles. The van der Waals surface area contributed by atoms with Crippen LogP contribution in [0.25, 0.3) is 10.9 Å². The zero-order valence-electron chi connectivity index (χ0n) is 16.0. The molecule has 2 aromatic carbocycles. The third-order valence-corrected chi connectivity index (χ3v) is 4.67. The topological polar surface area (TPSA) is 75.3 Å². The average molecular weight is 400 g/mol. The number of aromatic amines is 1. The maximum Gasteiger partial charge on any atom is 0.263 e. The summed E-state index contributed by atoms with van der Waals surface area (Å²) in [5.74, 6) is 0.851. The molecule has 1 N–H and O–H groups in total. The molecule has 1 atom stereocenters. The van der Waals surface area contributed by atoms with Crippen LogP contribution in [-0.4, -0.2) is 33.4 Å². The van der Waals surface area contributed by atoms with Crippen LogP contribution in [0.15, 0.2) is 47.3 Å². The van der Waals surface area contributed by atoms with Gasteiger partial charge in [0.05, 0.1) is 17.4 Å². The number of hydrogen-bond acceptors (Lipinski definition) is 4. The SMILES string of the molecule is CCN(Cc1nc2cc(Cl)ccc2c(=O)[nH]1)C(=O)C(C)Oc1ccc(C)cc1. The van der Waals surface area contributed by atoms with Gasteiger partial charge in [0.1, 0.15) is 11.6 Å². The van der Waals surface area contributed by atoms with Crippen molar-refractivity contribution in [3.05, 3.63) is 69.2 Å². The first-order valence-corrected chi connectivity index (χ1v) is 9.45. The number of nitrogens with zero attached hydrogens (tertiary/aromatic N) is 2. The number of aryl methyl sites for hydroxylation is 1. The van der Waals surface area contributed by atoms with E-state index in [4.69, 9.17) is 16.3 Å². The van der Waals surface area contributed by atoms with Crippen LogP contribution in [0.2, 0.25) is 5.02 Å². The number of ether oxygens (including phenoxy) is 1. The molecule has 0 fully saturated rings. The summed E-state index contributed by atoms with van der Waals surface area (Å²) >= 11 is 6.00. The summed E-state index contributed by atoms with van der Waals surface area (Å²) in [6, 6.07) is 12.4. The molecule has 3 rings (SSSR count). The zero-order valence-corrected chi connectivity index (χ0v) is 16.8. The highest BCUT2D eigenvalue weighted by Crippen LogP contribution is 2.16. The van der Waals surface area contributed by atoms with Gasteiger partial charge in [0.2, 0.25) is 0 Å². The molecule has 6 nitrogen and oxygen atoms in total. The van der Waals surface area contributed by atoms with Gasteiger partial charge in [-0.1, -0.05) is 29.3 Å². The van der Waals surface area contributed by atoms with E-state index in [2.05, 4.69) is 9.97 Å². The Morgan fingerprint density at radius 1 is 1.25 bits per heavy atom. The van der Waals surface area contributed by atoms with E-state index in [0.29, 0.717) is 34.0 Å². The van der Waals surface area contributed by atoms with Crippen molar-refractivity contribution >= 4 is 28.4 Å². The first kappa shape index (κ1) is 19.9. The lowest BCUT2D eigenvalue weighted by atomic mass is 10.2. The Balaban J connectivity index is 1.77. The number of H-pyrrole nitrogens is 1. The number of hydrogen-bond donors (Lipinski definition) is 1. The number of nitrogens with one attached hydrogen (secondary N) is 1. The number of fused-ring (bicyclic) bond motifs is 1. The number of rotatable bonds is 6. The molecule has 1 heterocycles. The molecule has 0 aliphatic carbocycles. The molecular formula is C21H22ClN3O3. The van der Waals surface area contributed by atoms with Gasteiger partial charge < -0.3 is 14.6 Å². The fourth-order valence-corrected chi connectivity index (χ4v) is 3.06. The Hall–Kier alpha value is -2.86. The molecule has 3 aromatic rings. The average Bonchev–Trinajstić information content (AvgIpc) is 2.67. The highest BCUT2D eigenvalue weighted by atomic mass is 35.5. The fraction of sp³-hybridized carbons (Fsp3) is 0.286. The molecule has 1 amide bonds. The summed E-state index contributed by atoms with van der Waals surface area (Å²) in [5.41, 5.74) is 1.36. The minimum atomic E-state index is -0.663. The van der Waals surface area contributed by atoms with Crippen LogP contribution in [0, 0.1) is 6.92 Å². The third kappa shape index (κ3) is 4.51. The Bertz CT molecular complexity index is 1050. The lowest BCUT2D eigenvalue weighted by Gasteiger charge is -2.24. The van der Waals surface area contributed by atoms with Crippen LogP contribution in [0.3, 0.4) is 0 Å². The standard InChI is InChI=1S/C21H22ClN3O3/c1-4-25(21(27)14(3)28-16-8-5-13(2)6-9-16)12-19-23-18-11-15(22)7-10-17(18)20(26)24-19/h5-11,14H,4,12H2,1-3H3,(H,23,24,26). The summed E-state index contributed by atoms with van der Waals surface area (Å²) < 4.78 is 5.76. The van der Waals surface area contributed by atoms with E-state index in [0.717, 1.165) is 5.56 Å². The number of aromatic nitrogens is 2. The van der Waals surface area contributed by atoms with Crippen molar-refractivity contribution in [3.63, 3.8) is 0 Å². The fourth-order valence-electron chi connectivity index (χ4n) is 2.89. The largest absolute Gasteiger partial charge is 0.481 e. The van der Waals surface area contributed by atoms with Crippen molar-refractivity contribution in [2.75, 3.05) is 6.54 Å². The summed E-state index contributed by atoms with van der Waals surface area (Å²) in [5, 5.41) is 0.957. The minimum absolute atomic E-state index is 0.175. The molecule has 1 unspecified atom stereocenters. The van der Waals surface area contributed by atoms with E-state index in [1.165, 1.54) is 0 Å². The molecule has 0 radical (unpaired) electrons. The predicted molar refractivity (Wildman–Crippen MR) is 110 cm³/mol. The van der Waals surface area contributed by atoms with Crippen LogP contribution in [0.1, 0.15) is 25.2 Å². The van der Waals surface area contributed by atoms with Gasteiger partial charge >= 0.3 is 0 Å². The third-order valence-electron chi connectivity index (χ3n) is 4.43. The van der Waals surface area contributed by atoms with Crippen LogP contribution < -0.4 is 10.3 Å². The molecule has 0 spiro atoms. The van der Waals surface area contributed by atoms with Crippen LogP contribution in [-0.2, 0) is 11.3 Å². The summed E-state index contributed by atoms with van der Waals surface area (Å²) in [6.07, 6.45) is -0.663.